The first-order valence-electron chi connectivity index (χ1n) is 7.03. The molecule has 0 bridgehead atoms. The number of nitrogens with two attached hydrogens (primary N) is 1. The van der Waals surface area contributed by atoms with E-state index < -0.39 is 0 Å². The fraction of sp³-hybridized carbons (Fsp3) is 0.294. The van der Waals surface area contributed by atoms with Gasteiger partial charge in [-0.3, -0.25) is 0 Å². The number of anilines is 1. The van der Waals surface area contributed by atoms with Gasteiger partial charge in [-0.05, 0) is 24.6 Å². The van der Waals surface area contributed by atoms with E-state index in [0.29, 0.717) is 13.2 Å². The second-order valence-electron chi connectivity index (χ2n) is 5.21. The number of fused-ring (bicyclic) bond motifs is 1. The van der Waals surface area contributed by atoms with Crippen molar-refractivity contribution in [2.45, 2.75) is 20.0 Å². The van der Waals surface area contributed by atoms with Crippen molar-refractivity contribution in [3.63, 3.8) is 0 Å². The number of rotatable bonds is 2. The van der Waals surface area contributed by atoms with Crippen LogP contribution in [0.25, 0.3) is 0 Å². The van der Waals surface area contributed by atoms with Crippen LogP contribution in [0, 0.1) is 6.92 Å². The Morgan fingerprint density at radius 3 is 2.90 bits per heavy atom. The SMILES string of the molecule is Cc1ccc(N2CCOc3ccccc3C2)c(CN)c1. The van der Waals surface area contributed by atoms with E-state index in [-0.39, 0.29) is 0 Å². The molecular weight excluding hydrogens is 248 g/mol. The molecule has 3 nitrogen and oxygen atoms in total. The highest BCUT2D eigenvalue weighted by Gasteiger charge is 2.17. The van der Waals surface area contributed by atoms with Gasteiger partial charge < -0.3 is 15.4 Å². The molecule has 0 atom stereocenters. The van der Waals surface area contributed by atoms with Gasteiger partial charge in [-0.2, -0.15) is 0 Å². The van der Waals surface area contributed by atoms with Gasteiger partial charge in [0.25, 0.3) is 0 Å². The van der Waals surface area contributed by atoms with Gasteiger partial charge in [-0.15, -0.1) is 0 Å². The lowest BCUT2D eigenvalue weighted by atomic mass is 10.1. The number of benzene rings is 2. The lowest BCUT2D eigenvalue weighted by Gasteiger charge is -2.25. The van der Waals surface area contributed by atoms with E-state index in [0.717, 1.165) is 18.8 Å². The largest absolute Gasteiger partial charge is 0.491 e. The molecule has 2 aromatic carbocycles. The third-order valence-electron chi connectivity index (χ3n) is 3.75. The number of hydrogen-bond donors (Lipinski definition) is 1. The molecule has 0 unspecified atom stereocenters. The molecule has 0 aliphatic carbocycles. The minimum absolute atomic E-state index is 0.565. The van der Waals surface area contributed by atoms with Crippen molar-refractivity contribution in [2.75, 3.05) is 18.1 Å². The minimum atomic E-state index is 0.565. The first-order valence-corrected chi connectivity index (χ1v) is 7.03. The van der Waals surface area contributed by atoms with Crippen LogP contribution in [0.15, 0.2) is 42.5 Å². The Bertz CT molecular complexity index is 610. The maximum Gasteiger partial charge on any atom is 0.124 e. The molecule has 0 fully saturated rings. The zero-order valence-electron chi connectivity index (χ0n) is 11.8. The first kappa shape index (κ1) is 13.0. The highest BCUT2D eigenvalue weighted by molar-refractivity contribution is 5.56. The number of para-hydroxylation sites is 1. The van der Waals surface area contributed by atoms with Crippen molar-refractivity contribution in [3.8, 4) is 5.75 Å². The van der Waals surface area contributed by atoms with Crippen LogP contribution in [-0.2, 0) is 13.1 Å². The second-order valence-corrected chi connectivity index (χ2v) is 5.21. The van der Waals surface area contributed by atoms with Crippen LogP contribution < -0.4 is 15.4 Å². The Kier molecular flexibility index (Phi) is 3.61. The number of ether oxygens (including phenoxy) is 1. The van der Waals surface area contributed by atoms with Gasteiger partial charge in [-0.1, -0.05) is 35.9 Å². The van der Waals surface area contributed by atoms with E-state index >= 15 is 0 Å². The predicted octanol–water partition coefficient (Wildman–Crippen LogP) is 2.85. The molecule has 1 aliphatic rings. The fourth-order valence-corrected chi connectivity index (χ4v) is 2.72. The summed E-state index contributed by atoms with van der Waals surface area (Å²) in [5.41, 5.74) is 10.8. The summed E-state index contributed by atoms with van der Waals surface area (Å²) in [6, 6.07) is 14.7. The standard InChI is InChI=1S/C17H20N2O/c1-13-6-7-16(15(10-13)11-18)19-8-9-20-17-5-3-2-4-14(17)12-19/h2-7,10H,8-9,11-12,18H2,1H3. The molecule has 1 heterocycles. The van der Waals surface area contributed by atoms with Crippen molar-refractivity contribution >= 4 is 5.69 Å². The van der Waals surface area contributed by atoms with Gasteiger partial charge in [0.05, 0.1) is 6.54 Å². The zero-order chi connectivity index (χ0) is 13.9. The molecule has 0 amide bonds. The smallest absolute Gasteiger partial charge is 0.124 e. The van der Waals surface area contributed by atoms with Gasteiger partial charge in [0, 0.05) is 24.3 Å². The van der Waals surface area contributed by atoms with Gasteiger partial charge in [-0.25, -0.2) is 0 Å². The lowest BCUT2D eigenvalue weighted by Crippen LogP contribution is -2.26. The van der Waals surface area contributed by atoms with Crippen molar-refractivity contribution in [1.82, 2.24) is 0 Å². The number of aryl methyl sites for hydroxylation is 1. The van der Waals surface area contributed by atoms with Gasteiger partial charge in [0.15, 0.2) is 0 Å². The molecule has 2 N–H and O–H groups in total. The molecule has 0 saturated heterocycles. The molecule has 0 radical (unpaired) electrons. The average Bonchev–Trinajstić information content (AvgIpc) is 2.69. The molecule has 3 rings (SSSR count). The third kappa shape index (κ3) is 2.49. The van der Waals surface area contributed by atoms with Crippen LogP contribution in [0.1, 0.15) is 16.7 Å². The van der Waals surface area contributed by atoms with Gasteiger partial charge in [0.1, 0.15) is 12.4 Å². The van der Waals surface area contributed by atoms with Crippen LogP contribution in [-0.4, -0.2) is 13.2 Å². The summed E-state index contributed by atoms with van der Waals surface area (Å²) in [6.07, 6.45) is 0. The van der Waals surface area contributed by atoms with E-state index in [1.165, 1.54) is 22.4 Å². The van der Waals surface area contributed by atoms with Crippen molar-refractivity contribution in [2.24, 2.45) is 5.73 Å². The molecule has 0 saturated carbocycles. The highest BCUT2D eigenvalue weighted by atomic mass is 16.5. The Balaban J connectivity index is 1.95. The van der Waals surface area contributed by atoms with Crippen molar-refractivity contribution < 1.29 is 4.74 Å². The third-order valence-corrected chi connectivity index (χ3v) is 3.75. The van der Waals surface area contributed by atoms with Gasteiger partial charge in [0.2, 0.25) is 0 Å². The van der Waals surface area contributed by atoms with Gasteiger partial charge >= 0.3 is 0 Å². The minimum Gasteiger partial charge on any atom is -0.491 e. The summed E-state index contributed by atoms with van der Waals surface area (Å²) in [7, 11) is 0. The average molecular weight is 268 g/mol. The quantitative estimate of drug-likeness (QED) is 0.910. The normalized spacial score (nSPS) is 14.4. The Morgan fingerprint density at radius 1 is 1.20 bits per heavy atom. The van der Waals surface area contributed by atoms with E-state index in [9.17, 15) is 0 Å². The number of nitrogens with zero attached hydrogens (tertiary/aromatic N) is 1. The summed E-state index contributed by atoms with van der Waals surface area (Å²) in [4.78, 5) is 2.35. The first-order chi connectivity index (χ1) is 9.78. The Morgan fingerprint density at radius 2 is 2.05 bits per heavy atom. The molecule has 3 heteroatoms. The van der Waals surface area contributed by atoms with Crippen LogP contribution in [0.4, 0.5) is 5.69 Å². The van der Waals surface area contributed by atoms with Crippen LogP contribution in [0.3, 0.4) is 0 Å². The maximum absolute atomic E-state index is 5.90. The zero-order valence-corrected chi connectivity index (χ0v) is 11.8. The molecule has 104 valence electrons. The summed E-state index contributed by atoms with van der Waals surface area (Å²) < 4.78 is 5.82. The highest BCUT2D eigenvalue weighted by Crippen LogP contribution is 2.28. The number of hydrogen-bond acceptors (Lipinski definition) is 3. The van der Waals surface area contributed by atoms with Crippen LogP contribution in [0.2, 0.25) is 0 Å². The van der Waals surface area contributed by atoms with Crippen molar-refractivity contribution in [3.05, 3.63) is 59.2 Å². The molecule has 2 aromatic rings. The lowest BCUT2D eigenvalue weighted by molar-refractivity contribution is 0.331. The van der Waals surface area contributed by atoms with E-state index in [1.807, 2.05) is 12.1 Å². The molecule has 20 heavy (non-hydrogen) atoms. The van der Waals surface area contributed by atoms with Crippen LogP contribution in [0.5, 0.6) is 5.75 Å². The second kappa shape index (κ2) is 5.55. The molecule has 1 aliphatic heterocycles. The molecule has 0 aromatic heterocycles. The summed E-state index contributed by atoms with van der Waals surface area (Å²) in [6.45, 7) is 5.12. The fourth-order valence-electron chi connectivity index (χ4n) is 2.72. The molecule has 0 spiro atoms. The Hall–Kier alpha value is -2.00. The van der Waals surface area contributed by atoms with E-state index in [1.54, 1.807) is 0 Å². The van der Waals surface area contributed by atoms with Crippen LogP contribution >= 0.6 is 0 Å². The van der Waals surface area contributed by atoms with E-state index in [4.69, 9.17) is 10.5 Å². The topological polar surface area (TPSA) is 38.5 Å². The summed E-state index contributed by atoms with van der Waals surface area (Å²) in [5, 5.41) is 0. The summed E-state index contributed by atoms with van der Waals surface area (Å²) in [5.74, 6) is 0.997. The maximum atomic E-state index is 5.90. The van der Waals surface area contributed by atoms with E-state index in [2.05, 4.69) is 42.2 Å². The summed E-state index contributed by atoms with van der Waals surface area (Å²) >= 11 is 0. The Labute approximate surface area is 120 Å². The predicted molar refractivity (Wildman–Crippen MR) is 82.1 cm³/mol. The molecular formula is C17H20N2O. The monoisotopic (exact) mass is 268 g/mol. The van der Waals surface area contributed by atoms with Crippen molar-refractivity contribution in [1.29, 1.82) is 0 Å².